The molecule has 7 heteroatoms. The summed E-state index contributed by atoms with van der Waals surface area (Å²) in [5.41, 5.74) is 1.60. The molecule has 1 aliphatic heterocycles. The summed E-state index contributed by atoms with van der Waals surface area (Å²) in [7, 11) is 2.07. The van der Waals surface area contributed by atoms with Gasteiger partial charge in [-0.15, -0.1) is 0 Å². The normalized spacial score (nSPS) is 21.9. The highest BCUT2D eigenvalue weighted by atomic mass is 16.5. The summed E-state index contributed by atoms with van der Waals surface area (Å²) >= 11 is 0. The van der Waals surface area contributed by atoms with Crippen molar-refractivity contribution >= 4 is 11.6 Å². The van der Waals surface area contributed by atoms with Crippen LogP contribution in [0.3, 0.4) is 0 Å². The molecule has 1 saturated carbocycles. The van der Waals surface area contributed by atoms with Crippen LogP contribution in [0.1, 0.15) is 44.0 Å². The first kappa shape index (κ1) is 18.1. The molecule has 1 aromatic carbocycles. The third kappa shape index (κ3) is 4.20. The van der Waals surface area contributed by atoms with E-state index in [1.165, 1.54) is 6.42 Å². The number of carbonyl (C=O) groups excluding carboxylic acids is 1. The Balaban J connectivity index is 1.47. The third-order valence-corrected chi connectivity index (χ3v) is 5.60. The summed E-state index contributed by atoms with van der Waals surface area (Å²) in [5, 5.41) is 10.6. The lowest BCUT2D eigenvalue weighted by Gasteiger charge is -2.30. The lowest BCUT2D eigenvalue weighted by Crippen LogP contribution is -2.44. The van der Waals surface area contributed by atoms with Gasteiger partial charge in [-0.25, -0.2) is 0 Å². The van der Waals surface area contributed by atoms with Crippen molar-refractivity contribution in [2.24, 2.45) is 5.92 Å². The molecular weight excluding hydrogens is 342 g/mol. The van der Waals surface area contributed by atoms with Crippen LogP contribution in [0, 0.1) is 5.92 Å². The topological polar surface area (TPSA) is 83.3 Å². The highest BCUT2D eigenvalue weighted by molar-refractivity contribution is 5.93. The molecule has 1 atom stereocenters. The van der Waals surface area contributed by atoms with Crippen LogP contribution < -0.4 is 10.6 Å². The zero-order chi connectivity index (χ0) is 18.6. The molecule has 1 amide bonds. The van der Waals surface area contributed by atoms with Crippen molar-refractivity contribution in [3.8, 4) is 11.5 Å². The molecular formula is C20H27N5O2. The molecule has 2 fully saturated rings. The van der Waals surface area contributed by atoms with E-state index in [1.54, 1.807) is 0 Å². The van der Waals surface area contributed by atoms with Gasteiger partial charge in [0.05, 0.1) is 6.04 Å². The number of likely N-dealkylation sites (N-methyl/N-ethyl adjacent to an activating group) is 1. The van der Waals surface area contributed by atoms with Gasteiger partial charge in [-0.05, 0) is 38.1 Å². The molecule has 144 valence electrons. The second-order valence-corrected chi connectivity index (χ2v) is 7.56. The van der Waals surface area contributed by atoms with E-state index in [1.807, 2.05) is 24.3 Å². The SMILES string of the molecule is CN1CCNCC1c1noc(-c2cccc(NC(=O)C3CCCCC3)c2)n1. The lowest BCUT2D eigenvalue weighted by atomic mass is 9.88. The molecule has 2 heterocycles. The van der Waals surface area contributed by atoms with Crippen LogP contribution in [0.5, 0.6) is 0 Å². The van der Waals surface area contributed by atoms with Crippen molar-refractivity contribution in [2.45, 2.75) is 38.1 Å². The van der Waals surface area contributed by atoms with Crippen LogP contribution in [-0.2, 0) is 4.79 Å². The standard InChI is InChI=1S/C20H27N5O2/c1-25-11-10-21-13-17(25)18-23-20(27-24-18)15-8-5-9-16(12-15)22-19(26)14-6-3-2-4-7-14/h5,8-9,12,14,17,21H,2-4,6-7,10-11,13H2,1H3,(H,22,26). The number of carbonyl (C=O) groups is 1. The fourth-order valence-electron chi connectivity index (χ4n) is 3.92. The van der Waals surface area contributed by atoms with E-state index in [-0.39, 0.29) is 17.9 Å². The second-order valence-electron chi connectivity index (χ2n) is 7.56. The van der Waals surface area contributed by atoms with Gasteiger partial charge in [-0.2, -0.15) is 4.98 Å². The van der Waals surface area contributed by atoms with E-state index in [9.17, 15) is 4.79 Å². The van der Waals surface area contributed by atoms with Gasteiger partial charge >= 0.3 is 0 Å². The average molecular weight is 369 g/mol. The van der Waals surface area contributed by atoms with Crippen LogP contribution in [0.25, 0.3) is 11.5 Å². The molecule has 2 aliphatic rings. The van der Waals surface area contributed by atoms with Crippen LogP contribution in [-0.4, -0.2) is 47.6 Å². The predicted octanol–water partition coefficient (Wildman–Crippen LogP) is 2.83. The molecule has 1 aromatic heterocycles. The monoisotopic (exact) mass is 369 g/mol. The number of anilines is 1. The van der Waals surface area contributed by atoms with Gasteiger partial charge in [0, 0.05) is 36.8 Å². The van der Waals surface area contributed by atoms with E-state index >= 15 is 0 Å². The van der Waals surface area contributed by atoms with Crippen molar-refractivity contribution in [2.75, 3.05) is 32.0 Å². The molecule has 2 N–H and O–H groups in total. The smallest absolute Gasteiger partial charge is 0.258 e. The molecule has 1 aliphatic carbocycles. The fraction of sp³-hybridized carbons (Fsp3) is 0.550. The first-order valence-electron chi connectivity index (χ1n) is 9.86. The van der Waals surface area contributed by atoms with E-state index in [0.717, 1.165) is 56.6 Å². The minimum Gasteiger partial charge on any atom is -0.334 e. The first-order valence-corrected chi connectivity index (χ1v) is 9.86. The summed E-state index contributed by atoms with van der Waals surface area (Å²) in [6.07, 6.45) is 5.51. The average Bonchev–Trinajstić information content (AvgIpc) is 3.19. The van der Waals surface area contributed by atoms with Crippen molar-refractivity contribution in [1.82, 2.24) is 20.4 Å². The number of rotatable bonds is 4. The zero-order valence-electron chi connectivity index (χ0n) is 15.8. The predicted molar refractivity (Wildman–Crippen MR) is 103 cm³/mol. The summed E-state index contributed by atoms with van der Waals surface area (Å²) in [6.45, 7) is 2.74. The summed E-state index contributed by atoms with van der Waals surface area (Å²) in [6, 6.07) is 7.76. The Bertz CT molecular complexity index is 784. The van der Waals surface area contributed by atoms with Crippen molar-refractivity contribution < 1.29 is 9.32 Å². The lowest BCUT2D eigenvalue weighted by molar-refractivity contribution is -0.120. The number of benzene rings is 1. The van der Waals surface area contributed by atoms with Gasteiger partial charge in [-0.1, -0.05) is 30.5 Å². The maximum atomic E-state index is 12.5. The van der Waals surface area contributed by atoms with Crippen molar-refractivity contribution in [3.05, 3.63) is 30.1 Å². The largest absolute Gasteiger partial charge is 0.334 e. The highest BCUT2D eigenvalue weighted by Gasteiger charge is 2.26. The number of aromatic nitrogens is 2. The van der Waals surface area contributed by atoms with Gasteiger partial charge in [0.25, 0.3) is 5.89 Å². The minimum absolute atomic E-state index is 0.116. The second kappa shape index (κ2) is 8.19. The summed E-state index contributed by atoms with van der Waals surface area (Å²) in [5.74, 6) is 1.42. The minimum atomic E-state index is 0.116. The van der Waals surface area contributed by atoms with Crippen molar-refractivity contribution in [1.29, 1.82) is 0 Å². The number of piperazine rings is 1. The van der Waals surface area contributed by atoms with Crippen LogP contribution in [0.2, 0.25) is 0 Å². The number of amides is 1. The van der Waals surface area contributed by atoms with Crippen LogP contribution >= 0.6 is 0 Å². The Morgan fingerprint density at radius 2 is 2.15 bits per heavy atom. The molecule has 1 saturated heterocycles. The van der Waals surface area contributed by atoms with Crippen LogP contribution in [0.4, 0.5) is 5.69 Å². The van der Waals surface area contributed by atoms with Crippen LogP contribution in [0.15, 0.2) is 28.8 Å². The number of nitrogens with zero attached hydrogens (tertiary/aromatic N) is 3. The van der Waals surface area contributed by atoms with E-state index in [2.05, 4.69) is 32.7 Å². The molecule has 2 aromatic rings. The Hall–Kier alpha value is -2.25. The molecule has 4 rings (SSSR count). The molecule has 7 nitrogen and oxygen atoms in total. The van der Waals surface area contributed by atoms with Gasteiger partial charge in [-0.3, -0.25) is 9.69 Å². The fourth-order valence-corrected chi connectivity index (χ4v) is 3.92. The molecule has 0 bridgehead atoms. The zero-order valence-corrected chi connectivity index (χ0v) is 15.8. The maximum Gasteiger partial charge on any atom is 0.258 e. The van der Waals surface area contributed by atoms with Gasteiger partial charge in [0.2, 0.25) is 5.91 Å². The maximum absolute atomic E-state index is 12.5. The first-order chi connectivity index (χ1) is 13.2. The van der Waals surface area contributed by atoms with Gasteiger partial charge in [0.1, 0.15) is 0 Å². The number of hydrogen-bond acceptors (Lipinski definition) is 6. The molecule has 0 radical (unpaired) electrons. The summed E-state index contributed by atoms with van der Waals surface area (Å²) in [4.78, 5) is 19.3. The quantitative estimate of drug-likeness (QED) is 0.862. The summed E-state index contributed by atoms with van der Waals surface area (Å²) < 4.78 is 5.50. The number of nitrogens with one attached hydrogen (secondary N) is 2. The molecule has 27 heavy (non-hydrogen) atoms. The Labute approximate surface area is 159 Å². The highest BCUT2D eigenvalue weighted by Crippen LogP contribution is 2.27. The van der Waals surface area contributed by atoms with E-state index in [0.29, 0.717) is 11.7 Å². The van der Waals surface area contributed by atoms with E-state index < -0.39 is 0 Å². The van der Waals surface area contributed by atoms with E-state index in [4.69, 9.17) is 4.52 Å². The number of hydrogen-bond donors (Lipinski definition) is 2. The van der Waals surface area contributed by atoms with Gasteiger partial charge in [0.15, 0.2) is 5.82 Å². The molecule has 0 spiro atoms. The Kier molecular flexibility index (Phi) is 5.50. The Morgan fingerprint density at radius 3 is 2.96 bits per heavy atom. The van der Waals surface area contributed by atoms with Gasteiger partial charge < -0.3 is 15.2 Å². The van der Waals surface area contributed by atoms with Crippen molar-refractivity contribution in [3.63, 3.8) is 0 Å². The molecule has 1 unspecified atom stereocenters. The Morgan fingerprint density at radius 1 is 1.30 bits per heavy atom. The third-order valence-electron chi connectivity index (χ3n) is 5.60.